The number of carbonyl (C=O) groups is 1. The van der Waals surface area contributed by atoms with Crippen molar-refractivity contribution < 1.29 is 26.2 Å². The molecule has 2 aromatic carbocycles. The normalized spacial score (nSPS) is 16.6. The number of aromatic hydroxyl groups is 3. The first-order chi connectivity index (χ1) is 12.3. The molecule has 5 heteroatoms. The van der Waals surface area contributed by atoms with Crippen LogP contribution < -0.4 is 4.74 Å². The van der Waals surface area contributed by atoms with E-state index in [4.69, 9.17) is 6.11 Å². The van der Waals surface area contributed by atoms with Crippen molar-refractivity contribution in [3.8, 4) is 23.0 Å². The van der Waals surface area contributed by atoms with Crippen LogP contribution in [0.1, 0.15) is 49.2 Å². The number of rotatable bonds is 3. The van der Waals surface area contributed by atoms with Gasteiger partial charge in [-0.2, -0.15) is 0 Å². The number of phenolic OH excluding ortho intramolecular Hbond substituents is 3. The molecule has 0 unspecified atom stereocenters. The standard InChI is InChI=1S/C20H20O5/c1-11(2)3-8-14-15(22)9-16(23)19-17(24)10-18(25-20(14)19)12-4-6-13(21)7-5-12/h3-7,9,18,21-23H,8,10H2,1-2H3/t18-/m0/s1/i4D. The van der Waals surface area contributed by atoms with Crippen LogP contribution in [0.25, 0.3) is 0 Å². The predicted octanol–water partition coefficient (Wildman–Crippen LogP) is 4.02. The number of allylic oxidation sites excluding steroid dienone is 2. The Morgan fingerprint density at radius 2 is 2.04 bits per heavy atom. The number of hydrogen-bond donors (Lipinski definition) is 3. The highest BCUT2D eigenvalue weighted by Gasteiger charge is 2.33. The van der Waals surface area contributed by atoms with Gasteiger partial charge in [0.25, 0.3) is 0 Å². The second-order valence-corrected chi connectivity index (χ2v) is 6.32. The molecule has 0 saturated carbocycles. The summed E-state index contributed by atoms with van der Waals surface area (Å²) in [4.78, 5) is 12.6. The van der Waals surface area contributed by atoms with Gasteiger partial charge in [0.1, 0.15) is 34.7 Å². The Labute approximate surface area is 147 Å². The summed E-state index contributed by atoms with van der Waals surface area (Å²) in [6, 6.07) is 5.47. The van der Waals surface area contributed by atoms with Gasteiger partial charge in [0, 0.05) is 11.6 Å². The minimum atomic E-state index is -0.727. The van der Waals surface area contributed by atoms with Crippen molar-refractivity contribution >= 4 is 5.78 Å². The van der Waals surface area contributed by atoms with Gasteiger partial charge in [0.15, 0.2) is 5.78 Å². The molecule has 2 aromatic rings. The lowest BCUT2D eigenvalue weighted by molar-refractivity contribution is 0.0842. The van der Waals surface area contributed by atoms with Crippen LogP contribution in [0.15, 0.2) is 42.0 Å². The number of Topliss-reactive ketones (excluding diaryl/α,β-unsaturated/α-hetero) is 1. The summed E-state index contributed by atoms with van der Waals surface area (Å²) in [5.74, 6) is -0.683. The molecule has 1 aliphatic rings. The number of fused-ring (bicyclic) bond motifs is 1. The van der Waals surface area contributed by atoms with Crippen LogP contribution in [-0.2, 0) is 6.42 Å². The zero-order valence-electron chi connectivity index (χ0n) is 15.0. The molecule has 1 aliphatic heterocycles. The molecule has 0 spiro atoms. The van der Waals surface area contributed by atoms with Gasteiger partial charge in [-0.05, 0) is 38.0 Å². The third kappa shape index (κ3) is 3.31. The van der Waals surface area contributed by atoms with E-state index in [0.717, 1.165) is 11.6 Å². The van der Waals surface area contributed by atoms with Crippen molar-refractivity contribution in [1.29, 1.82) is 0 Å². The highest BCUT2D eigenvalue weighted by molar-refractivity contribution is 6.03. The van der Waals surface area contributed by atoms with E-state index in [1.807, 2.05) is 19.9 Å². The Kier molecular flexibility index (Phi) is 4.06. The van der Waals surface area contributed by atoms with E-state index >= 15 is 0 Å². The molecule has 3 rings (SSSR count). The van der Waals surface area contributed by atoms with E-state index < -0.39 is 6.10 Å². The van der Waals surface area contributed by atoms with Gasteiger partial charge in [-0.3, -0.25) is 4.79 Å². The monoisotopic (exact) mass is 341 g/mol. The van der Waals surface area contributed by atoms with Crippen LogP contribution in [0.2, 0.25) is 0 Å². The van der Waals surface area contributed by atoms with E-state index in [1.54, 1.807) is 6.07 Å². The van der Waals surface area contributed by atoms with Crippen LogP contribution in [0.5, 0.6) is 23.0 Å². The van der Waals surface area contributed by atoms with Crippen LogP contribution in [-0.4, -0.2) is 21.1 Å². The first kappa shape index (κ1) is 15.6. The van der Waals surface area contributed by atoms with Crippen molar-refractivity contribution in [3.05, 3.63) is 58.6 Å². The lowest BCUT2D eigenvalue weighted by Gasteiger charge is -2.28. The van der Waals surface area contributed by atoms with Gasteiger partial charge >= 0.3 is 0 Å². The summed E-state index contributed by atoms with van der Waals surface area (Å²) < 4.78 is 14.0. The average molecular weight is 341 g/mol. The second-order valence-electron chi connectivity index (χ2n) is 6.32. The average Bonchev–Trinajstić information content (AvgIpc) is 2.53. The maximum Gasteiger partial charge on any atom is 0.174 e. The fraction of sp³-hybridized carbons (Fsp3) is 0.250. The molecule has 1 heterocycles. The highest BCUT2D eigenvalue weighted by Crippen LogP contribution is 2.45. The minimum absolute atomic E-state index is 0.0376. The summed E-state index contributed by atoms with van der Waals surface area (Å²) in [6.45, 7) is 3.84. The molecular formula is C20H20O5. The van der Waals surface area contributed by atoms with Crippen LogP contribution in [0.3, 0.4) is 0 Å². The number of phenols is 3. The number of carbonyl (C=O) groups excluding carboxylic acids is 1. The van der Waals surface area contributed by atoms with Gasteiger partial charge in [-0.25, -0.2) is 0 Å². The number of benzene rings is 2. The molecule has 0 saturated heterocycles. The second kappa shape index (κ2) is 6.51. The topological polar surface area (TPSA) is 87.0 Å². The number of hydrogen-bond acceptors (Lipinski definition) is 5. The first-order valence-electron chi connectivity index (χ1n) is 8.48. The fourth-order valence-electron chi connectivity index (χ4n) is 2.83. The van der Waals surface area contributed by atoms with E-state index in [9.17, 15) is 20.1 Å². The van der Waals surface area contributed by atoms with Crippen LogP contribution in [0.4, 0.5) is 0 Å². The Bertz CT molecular complexity index is 913. The Morgan fingerprint density at radius 3 is 2.72 bits per heavy atom. The van der Waals surface area contributed by atoms with E-state index in [0.29, 0.717) is 17.5 Å². The maximum atomic E-state index is 12.6. The summed E-state index contributed by atoms with van der Waals surface area (Å²) in [7, 11) is 0. The molecule has 130 valence electrons. The molecule has 25 heavy (non-hydrogen) atoms. The molecule has 1 atom stereocenters. The Balaban J connectivity index is 2.10. The van der Waals surface area contributed by atoms with Crippen molar-refractivity contribution in [2.24, 2.45) is 0 Å². The zero-order chi connectivity index (χ0) is 19.0. The van der Waals surface area contributed by atoms with E-state index in [-0.39, 0.29) is 46.8 Å². The van der Waals surface area contributed by atoms with E-state index in [2.05, 4.69) is 0 Å². The van der Waals surface area contributed by atoms with Crippen LogP contribution >= 0.6 is 0 Å². The predicted molar refractivity (Wildman–Crippen MR) is 93.3 cm³/mol. The fourth-order valence-corrected chi connectivity index (χ4v) is 2.83. The lowest BCUT2D eigenvalue weighted by atomic mass is 9.92. The molecule has 0 bridgehead atoms. The molecule has 0 aliphatic carbocycles. The molecule has 3 N–H and O–H groups in total. The minimum Gasteiger partial charge on any atom is -0.508 e. The third-order valence-electron chi connectivity index (χ3n) is 4.13. The van der Waals surface area contributed by atoms with Gasteiger partial charge in [0.2, 0.25) is 0 Å². The Hall–Kier alpha value is -2.95. The lowest BCUT2D eigenvalue weighted by Crippen LogP contribution is -2.21. The van der Waals surface area contributed by atoms with Gasteiger partial charge in [-0.15, -0.1) is 0 Å². The van der Waals surface area contributed by atoms with Gasteiger partial charge < -0.3 is 20.1 Å². The Morgan fingerprint density at radius 1 is 1.28 bits per heavy atom. The van der Waals surface area contributed by atoms with Crippen molar-refractivity contribution in [2.45, 2.75) is 32.8 Å². The van der Waals surface area contributed by atoms with Gasteiger partial charge in [0.05, 0.1) is 7.79 Å². The summed E-state index contributed by atoms with van der Waals surface area (Å²) >= 11 is 0. The maximum absolute atomic E-state index is 12.6. The molecule has 5 nitrogen and oxygen atoms in total. The van der Waals surface area contributed by atoms with Gasteiger partial charge in [-0.1, -0.05) is 23.8 Å². The highest BCUT2D eigenvalue weighted by atomic mass is 16.5. The molecular weight excluding hydrogens is 320 g/mol. The molecule has 0 amide bonds. The van der Waals surface area contributed by atoms with Crippen LogP contribution in [0, 0.1) is 0 Å². The SMILES string of the molecule is [2H]c1cc(O)ccc1[C@@H]1CC(=O)c2c(O)cc(O)c(CC=C(C)C)c2O1. The quantitative estimate of drug-likeness (QED) is 0.734. The first-order valence-corrected chi connectivity index (χ1v) is 7.98. The summed E-state index contributed by atoms with van der Waals surface area (Å²) in [5, 5.41) is 29.8. The van der Waals surface area contributed by atoms with Crippen molar-refractivity contribution in [1.82, 2.24) is 0 Å². The third-order valence-corrected chi connectivity index (χ3v) is 4.13. The molecule has 0 radical (unpaired) electrons. The van der Waals surface area contributed by atoms with Crippen molar-refractivity contribution in [3.63, 3.8) is 0 Å². The summed E-state index contributed by atoms with van der Waals surface area (Å²) in [6.07, 6.45) is 1.47. The van der Waals surface area contributed by atoms with Crippen molar-refractivity contribution in [2.75, 3.05) is 0 Å². The molecule has 0 aromatic heterocycles. The summed E-state index contributed by atoms with van der Waals surface area (Å²) in [5.41, 5.74) is 1.97. The van der Waals surface area contributed by atoms with E-state index in [1.165, 1.54) is 12.1 Å². The smallest absolute Gasteiger partial charge is 0.174 e. The number of ether oxygens (including phenoxy) is 1. The number of ketones is 1. The largest absolute Gasteiger partial charge is 0.508 e. The zero-order valence-corrected chi connectivity index (χ0v) is 14.0. The molecule has 0 fully saturated rings.